The van der Waals surface area contributed by atoms with Gasteiger partial charge in [0, 0.05) is 53.2 Å². The first kappa shape index (κ1) is 8.99. The number of piperidine rings is 1. The number of hydrogen-bond donors (Lipinski definition) is 1. The molecule has 3 unspecified atom stereocenters. The minimum Gasteiger partial charge on any atom is -0.493 e. The van der Waals surface area contributed by atoms with Crippen molar-refractivity contribution >= 4 is 5.97 Å². The molecule has 0 saturated carbocycles. The number of nitrogens with zero attached hydrogens (tertiary/aromatic N) is 1. The van der Waals surface area contributed by atoms with Gasteiger partial charge in [-0.2, -0.15) is 0 Å². The molecule has 6 heteroatoms. The van der Waals surface area contributed by atoms with E-state index in [-0.39, 0.29) is 16.4 Å². The molecule has 1 aromatic rings. The first-order valence-electron chi connectivity index (χ1n) is 18.2. The Hall–Kier alpha value is -1.79. The van der Waals surface area contributed by atoms with Crippen LogP contribution in [-0.2, 0) is 15.9 Å². The Bertz CT molecular complexity index is 1430. The Morgan fingerprint density at radius 2 is 2.07 bits per heavy atom. The van der Waals surface area contributed by atoms with Crippen molar-refractivity contribution < 1.29 is 43.7 Å². The third kappa shape index (κ3) is 4.75. The van der Waals surface area contributed by atoms with Gasteiger partial charge < -0.3 is 19.9 Å². The average Bonchev–Trinajstić information content (AvgIpc) is 2.90. The molecule has 4 atom stereocenters. The third-order valence-corrected chi connectivity index (χ3v) is 4.49. The van der Waals surface area contributed by atoms with Crippen molar-refractivity contribution in [2.75, 3.05) is 27.2 Å². The lowest BCUT2D eigenvalue weighted by Gasteiger charge is -2.47. The molecule has 0 spiro atoms. The topological polar surface area (TPSA) is 74.0 Å². The number of carbonyl (C=O) groups is 1. The molecule has 2 aliphatic rings. The Labute approximate surface area is 206 Å². The predicted octanol–water partition coefficient (Wildman–Crippen LogP) is 3.56. The molecule has 2 heterocycles. The fraction of sp³-hybridized carbons (Fsp3) is 0.708. The molecular formula is C24H38N2O4. The molecule has 0 amide bonds. The van der Waals surface area contributed by atoms with Gasteiger partial charge in [-0.05, 0) is 47.9 Å². The van der Waals surface area contributed by atoms with E-state index in [4.69, 9.17) is 36.4 Å². The van der Waals surface area contributed by atoms with Crippen molar-refractivity contribution in [2.24, 2.45) is 23.4 Å². The molecule has 0 aromatic heterocycles. The second kappa shape index (κ2) is 9.56. The van der Waals surface area contributed by atoms with E-state index in [0.29, 0.717) is 0 Å². The lowest BCUT2D eigenvalue weighted by atomic mass is 9.79. The summed E-state index contributed by atoms with van der Waals surface area (Å²) in [7, 11) is 2.31. The molecular weight excluding hydrogens is 380 g/mol. The Kier molecular flexibility index (Phi) is 2.86. The number of methoxy groups -OCH3 is 2. The largest absolute Gasteiger partial charge is 0.493 e. The Morgan fingerprint density at radius 1 is 1.37 bits per heavy atom. The van der Waals surface area contributed by atoms with Gasteiger partial charge in [0.15, 0.2) is 11.5 Å². The van der Waals surface area contributed by atoms with Crippen molar-refractivity contribution in [3.63, 3.8) is 0 Å². The molecule has 1 fully saturated rings. The Balaban J connectivity index is 2.50. The van der Waals surface area contributed by atoms with Crippen LogP contribution >= 0.6 is 0 Å². The number of esters is 1. The van der Waals surface area contributed by atoms with Gasteiger partial charge in [0.25, 0.3) is 0 Å². The Morgan fingerprint density at radius 3 is 2.70 bits per heavy atom. The SMILES string of the molecule is [2H]C([2H])([2H])C([2H])(C([2H])([2H])[2H])[C@]([2H])(N)C(=O)OC1C([2H])([2H])C2([2H])c3cc(OC)c(OC)cc3C([2H])([2H])C([2H])([2H])N2C([2H])([2H])C1([2H])CC(C)C. The van der Waals surface area contributed by atoms with E-state index in [1.54, 1.807) is 0 Å². The van der Waals surface area contributed by atoms with Crippen LogP contribution in [0.4, 0.5) is 0 Å². The quantitative estimate of drug-likeness (QED) is 0.659. The maximum Gasteiger partial charge on any atom is 0.323 e. The van der Waals surface area contributed by atoms with Crippen LogP contribution in [0.2, 0.25) is 0 Å². The van der Waals surface area contributed by atoms with Gasteiger partial charge >= 0.3 is 5.97 Å². The monoisotopic (exact) mass is 436 g/mol. The highest BCUT2D eigenvalue weighted by molar-refractivity contribution is 5.76. The molecule has 3 rings (SSSR count). The predicted molar refractivity (Wildman–Crippen MR) is 118 cm³/mol. The van der Waals surface area contributed by atoms with Crippen molar-refractivity contribution in [3.8, 4) is 11.5 Å². The van der Waals surface area contributed by atoms with Crippen LogP contribution < -0.4 is 15.2 Å². The zero-order valence-corrected chi connectivity index (χ0v) is 17.2. The number of fused-ring (bicyclic) bond motifs is 3. The molecule has 0 bridgehead atoms. The summed E-state index contributed by atoms with van der Waals surface area (Å²) in [6, 6.07) is -5.66. The lowest BCUT2D eigenvalue weighted by molar-refractivity contribution is -0.160. The van der Waals surface area contributed by atoms with Crippen LogP contribution in [0.1, 0.15) is 82.2 Å². The summed E-state index contributed by atoms with van der Waals surface area (Å²) in [5.74, 6) is -10.8. The number of ether oxygens (including phenoxy) is 3. The third-order valence-electron chi connectivity index (χ3n) is 4.49. The number of carbonyl (C=O) groups excluding carboxylic acids is 1. The summed E-state index contributed by atoms with van der Waals surface area (Å²) < 4.78 is 170. The van der Waals surface area contributed by atoms with E-state index in [9.17, 15) is 13.0 Å². The maximum atomic E-state index is 13.7. The molecule has 2 aliphatic heterocycles. The second-order valence-corrected chi connectivity index (χ2v) is 7.13. The van der Waals surface area contributed by atoms with E-state index >= 15 is 0 Å². The maximum absolute atomic E-state index is 13.7. The van der Waals surface area contributed by atoms with E-state index in [2.05, 4.69) is 0 Å². The molecule has 30 heavy (non-hydrogen) atoms. The fourth-order valence-electron chi connectivity index (χ4n) is 3.08. The highest BCUT2D eigenvalue weighted by Crippen LogP contribution is 2.44. The van der Waals surface area contributed by atoms with Crippen LogP contribution in [0.25, 0.3) is 0 Å². The van der Waals surface area contributed by atoms with Crippen LogP contribution in [0.3, 0.4) is 0 Å². The first-order chi connectivity index (χ1) is 21.2. The highest BCUT2D eigenvalue weighted by Gasteiger charge is 2.41. The number of benzene rings is 1. The summed E-state index contributed by atoms with van der Waals surface area (Å²) in [4.78, 5) is 13.6. The van der Waals surface area contributed by atoms with Crippen molar-refractivity contribution in [2.45, 2.75) is 64.9 Å². The first-order valence-corrected chi connectivity index (χ1v) is 9.23. The zero-order valence-electron chi connectivity index (χ0n) is 35.2. The van der Waals surface area contributed by atoms with Gasteiger partial charge in [-0.1, -0.05) is 27.6 Å². The summed E-state index contributed by atoms with van der Waals surface area (Å²) >= 11 is 0. The van der Waals surface area contributed by atoms with Crippen LogP contribution in [-0.4, -0.2) is 50.2 Å². The number of hydrogen-bond acceptors (Lipinski definition) is 6. The average molecular weight is 437 g/mol. The smallest absolute Gasteiger partial charge is 0.323 e. The van der Waals surface area contributed by atoms with Gasteiger partial charge in [0.2, 0.25) is 0 Å². The second-order valence-electron chi connectivity index (χ2n) is 7.13. The minimum absolute atomic E-state index is 0.0863. The van der Waals surface area contributed by atoms with E-state index in [0.717, 1.165) is 19.2 Å². The molecule has 1 aromatic carbocycles. The van der Waals surface area contributed by atoms with Crippen molar-refractivity contribution in [3.05, 3.63) is 23.3 Å². The van der Waals surface area contributed by atoms with E-state index in [1.165, 1.54) is 21.0 Å². The molecule has 0 radical (unpaired) electrons. The van der Waals surface area contributed by atoms with Crippen LogP contribution in [0.15, 0.2) is 12.1 Å². The number of rotatable bonds is 7. The molecule has 168 valence electrons. The zero-order chi connectivity index (χ0) is 37.9. The van der Waals surface area contributed by atoms with Crippen LogP contribution in [0.5, 0.6) is 11.5 Å². The molecule has 1 saturated heterocycles. The van der Waals surface area contributed by atoms with E-state index < -0.39 is 98.8 Å². The van der Waals surface area contributed by atoms with Crippen molar-refractivity contribution in [1.29, 1.82) is 0 Å². The minimum atomic E-state index is -4.12. The van der Waals surface area contributed by atoms with Gasteiger partial charge in [-0.15, -0.1) is 0 Å². The van der Waals surface area contributed by atoms with Gasteiger partial charge in [-0.25, -0.2) is 0 Å². The molecule has 6 nitrogen and oxygen atoms in total. The molecule has 0 aliphatic carbocycles. The van der Waals surface area contributed by atoms with Crippen LogP contribution in [0, 0.1) is 17.7 Å². The fourth-order valence-corrected chi connectivity index (χ4v) is 3.08. The summed E-state index contributed by atoms with van der Waals surface area (Å²) in [5.41, 5.74) is 4.26. The summed E-state index contributed by atoms with van der Waals surface area (Å²) in [6.07, 6.45) is -10.6. The summed E-state index contributed by atoms with van der Waals surface area (Å²) in [6.45, 7) is -12.3. The van der Waals surface area contributed by atoms with Gasteiger partial charge in [0.1, 0.15) is 12.1 Å². The number of nitrogens with two attached hydrogens (primary N) is 1. The van der Waals surface area contributed by atoms with E-state index in [1.807, 2.05) is 0 Å². The standard InChI is InChI=1S/C24H38N2O4/c1-14(2)9-17-13-26-8-7-16-10-21(28-5)22(29-6)11-18(16)19(26)12-20(17)30-24(27)23(25)15(3)4/h10-11,14-15,17,19-20,23H,7-9,12-13,25H2,1-6H3/t17?,19?,20?,23-/m0/s1/i3D3,4D3,7D2,8D2,12D2,13D2,15D,17D,19D,23D. The number of aryl methyl sites for hydroxylation is 1. The van der Waals surface area contributed by atoms with Crippen molar-refractivity contribution in [1.82, 2.24) is 4.90 Å². The summed E-state index contributed by atoms with van der Waals surface area (Å²) in [5, 5.41) is 0. The lowest BCUT2D eigenvalue weighted by Crippen LogP contribution is -2.51. The van der Waals surface area contributed by atoms with Gasteiger partial charge in [-0.3, -0.25) is 9.69 Å². The highest BCUT2D eigenvalue weighted by atomic mass is 16.5. The van der Waals surface area contributed by atoms with Gasteiger partial charge in [0.05, 0.1) is 17.0 Å². The molecule has 2 N–H and O–H groups in total. The normalized spacial score (nSPS) is 47.6.